The van der Waals surface area contributed by atoms with Crippen molar-refractivity contribution in [2.45, 2.75) is 13.8 Å². The Balaban J connectivity index is 2.33. The van der Waals surface area contributed by atoms with Gasteiger partial charge in [0.1, 0.15) is 5.82 Å². The number of halogens is 1. The average Bonchev–Trinajstić information content (AvgIpc) is 2.34. The van der Waals surface area contributed by atoms with Crippen LogP contribution in [0.4, 0.5) is 17.3 Å². The minimum atomic E-state index is 0.732. The monoisotopic (exact) mass is 306 g/mol. The van der Waals surface area contributed by atoms with E-state index in [9.17, 15) is 0 Å². The summed E-state index contributed by atoms with van der Waals surface area (Å²) in [5, 5.41) is 6.28. The molecule has 2 aromatic rings. The SMILES string of the molecule is CNc1cncc(Nc2c(C)cc(Br)cc2C)n1. The number of anilines is 3. The fraction of sp³-hybridized carbons (Fsp3) is 0.231. The van der Waals surface area contributed by atoms with E-state index in [-0.39, 0.29) is 0 Å². The van der Waals surface area contributed by atoms with E-state index in [0.29, 0.717) is 0 Å². The second kappa shape index (κ2) is 5.35. The van der Waals surface area contributed by atoms with Crippen molar-refractivity contribution in [1.29, 1.82) is 0 Å². The highest BCUT2D eigenvalue weighted by atomic mass is 79.9. The topological polar surface area (TPSA) is 49.8 Å². The quantitative estimate of drug-likeness (QED) is 0.909. The third-order valence-corrected chi connectivity index (χ3v) is 3.10. The fourth-order valence-corrected chi connectivity index (χ4v) is 2.47. The van der Waals surface area contributed by atoms with Gasteiger partial charge in [-0.3, -0.25) is 4.98 Å². The zero-order chi connectivity index (χ0) is 13.1. The molecular weight excluding hydrogens is 292 g/mol. The first-order chi connectivity index (χ1) is 8.60. The number of rotatable bonds is 3. The minimum Gasteiger partial charge on any atom is -0.372 e. The van der Waals surface area contributed by atoms with E-state index in [2.05, 4.69) is 62.5 Å². The maximum atomic E-state index is 4.39. The molecule has 0 aliphatic carbocycles. The first kappa shape index (κ1) is 12.8. The Bertz CT molecular complexity index is 546. The lowest BCUT2D eigenvalue weighted by Gasteiger charge is -2.13. The molecule has 0 amide bonds. The van der Waals surface area contributed by atoms with Gasteiger partial charge in [-0.05, 0) is 37.1 Å². The molecule has 0 bridgehead atoms. The van der Waals surface area contributed by atoms with E-state index in [1.807, 2.05) is 7.05 Å². The second-order valence-corrected chi connectivity index (χ2v) is 4.99. The normalized spacial score (nSPS) is 10.2. The summed E-state index contributed by atoms with van der Waals surface area (Å²) in [7, 11) is 1.82. The van der Waals surface area contributed by atoms with Gasteiger partial charge in [-0.1, -0.05) is 15.9 Å². The molecule has 94 valence electrons. The molecule has 0 aliphatic heterocycles. The van der Waals surface area contributed by atoms with Crippen LogP contribution in [0.15, 0.2) is 29.0 Å². The molecule has 0 spiro atoms. The fourth-order valence-electron chi connectivity index (χ4n) is 1.78. The first-order valence-corrected chi connectivity index (χ1v) is 6.43. The van der Waals surface area contributed by atoms with Crippen LogP contribution in [0.3, 0.4) is 0 Å². The lowest BCUT2D eigenvalue weighted by Crippen LogP contribution is -2.01. The molecule has 2 rings (SSSR count). The Morgan fingerprint density at radius 2 is 1.67 bits per heavy atom. The Hall–Kier alpha value is -1.62. The molecule has 0 fully saturated rings. The Kier molecular flexibility index (Phi) is 3.81. The molecule has 0 radical (unpaired) electrons. The van der Waals surface area contributed by atoms with Crippen molar-refractivity contribution in [2.24, 2.45) is 0 Å². The number of aryl methyl sites for hydroxylation is 2. The summed E-state index contributed by atoms with van der Waals surface area (Å²) >= 11 is 3.49. The predicted octanol–water partition coefficient (Wildman–Crippen LogP) is 3.64. The molecule has 1 aromatic heterocycles. The van der Waals surface area contributed by atoms with Gasteiger partial charge in [-0.2, -0.15) is 0 Å². The Morgan fingerprint density at radius 1 is 1.06 bits per heavy atom. The smallest absolute Gasteiger partial charge is 0.151 e. The zero-order valence-corrected chi connectivity index (χ0v) is 12.2. The minimum absolute atomic E-state index is 0.732. The molecule has 1 aromatic carbocycles. The maximum absolute atomic E-state index is 4.39. The van der Waals surface area contributed by atoms with Gasteiger partial charge in [0.25, 0.3) is 0 Å². The highest BCUT2D eigenvalue weighted by Gasteiger charge is 2.06. The van der Waals surface area contributed by atoms with E-state index in [1.54, 1.807) is 12.4 Å². The Labute approximate surface area is 115 Å². The van der Waals surface area contributed by atoms with Crippen LogP contribution in [0.1, 0.15) is 11.1 Å². The molecule has 0 atom stereocenters. The summed E-state index contributed by atoms with van der Waals surface area (Å²) in [6.45, 7) is 4.13. The summed E-state index contributed by atoms with van der Waals surface area (Å²) in [6, 6.07) is 4.15. The molecule has 0 unspecified atom stereocenters. The van der Waals surface area contributed by atoms with E-state index in [0.717, 1.165) is 21.8 Å². The van der Waals surface area contributed by atoms with Crippen molar-refractivity contribution in [3.8, 4) is 0 Å². The highest BCUT2D eigenvalue weighted by Crippen LogP contribution is 2.27. The predicted molar refractivity (Wildman–Crippen MR) is 78.5 cm³/mol. The summed E-state index contributed by atoms with van der Waals surface area (Å²) in [5.41, 5.74) is 3.40. The second-order valence-electron chi connectivity index (χ2n) is 4.08. The van der Waals surface area contributed by atoms with Crippen molar-refractivity contribution in [3.05, 3.63) is 40.1 Å². The van der Waals surface area contributed by atoms with Crippen LogP contribution < -0.4 is 10.6 Å². The molecule has 0 saturated heterocycles. The molecule has 2 N–H and O–H groups in total. The first-order valence-electron chi connectivity index (χ1n) is 5.63. The van der Waals surface area contributed by atoms with Crippen LogP contribution in [0.5, 0.6) is 0 Å². The average molecular weight is 307 g/mol. The van der Waals surface area contributed by atoms with Gasteiger partial charge in [-0.15, -0.1) is 0 Å². The molecule has 4 nitrogen and oxygen atoms in total. The standard InChI is InChI=1S/C13H15BrN4/c1-8-4-10(14)5-9(2)13(8)18-12-7-16-6-11(15-3)17-12/h4-7H,1-3H3,(H2,15,17,18). The van der Waals surface area contributed by atoms with Crippen molar-refractivity contribution in [3.63, 3.8) is 0 Å². The van der Waals surface area contributed by atoms with E-state index in [1.165, 1.54) is 11.1 Å². The van der Waals surface area contributed by atoms with Gasteiger partial charge in [0.2, 0.25) is 0 Å². The molecule has 0 saturated carbocycles. The highest BCUT2D eigenvalue weighted by molar-refractivity contribution is 9.10. The van der Waals surface area contributed by atoms with Gasteiger partial charge in [0, 0.05) is 17.2 Å². The third kappa shape index (κ3) is 2.79. The molecule has 18 heavy (non-hydrogen) atoms. The third-order valence-electron chi connectivity index (χ3n) is 2.64. The van der Waals surface area contributed by atoms with Crippen LogP contribution in [0, 0.1) is 13.8 Å². The Morgan fingerprint density at radius 3 is 2.28 bits per heavy atom. The number of nitrogens with zero attached hydrogens (tertiary/aromatic N) is 2. The number of nitrogens with one attached hydrogen (secondary N) is 2. The van der Waals surface area contributed by atoms with Crippen molar-refractivity contribution < 1.29 is 0 Å². The van der Waals surface area contributed by atoms with Crippen molar-refractivity contribution in [2.75, 3.05) is 17.7 Å². The van der Waals surface area contributed by atoms with Gasteiger partial charge >= 0.3 is 0 Å². The van der Waals surface area contributed by atoms with E-state index < -0.39 is 0 Å². The summed E-state index contributed by atoms with van der Waals surface area (Å²) in [5.74, 6) is 1.47. The number of aromatic nitrogens is 2. The van der Waals surface area contributed by atoms with Gasteiger partial charge in [0.15, 0.2) is 5.82 Å². The van der Waals surface area contributed by atoms with Crippen LogP contribution in [0.25, 0.3) is 0 Å². The summed E-state index contributed by atoms with van der Waals surface area (Å²) in [6.07, 6.45) is 3.40. The van der Waals surface area contributed by atoms with Crippen LogP contribution in [0.2, 0.25) is 0 Å². The van der Waals surface area contributed by atoms with Crippen LogP contribution >= 0.6 is 15.9 Å². The van der Waals surface area contributed by atoms with Crippen molar-refractivity contribution in [1.82, 2.24) is 9.97 Å². The lowest BCUT2D eigenvalue weighted by atomic mass is 10.1. The van der Waals surface area contributed by atoms with E-state index >= 15 is 0 Å². The van der Waals surface area contributed by atoms with Crippen LogP contribution in [-0.4, -0.2) is 17.0 Å². The molecular formula is C13H15BrN4. The number of hydrogen-bond donors (Lipinski definition) is 2. The summed E-state index contributed by atoms with van der Waals surface area (Å²) in [4.78, 5) is 8.53. The van der Waals surface area contributed by atoms with E-state index in [4.69, 9.17) is 0 Å². The number of benzene rings is 1. The van der Waals surface area contributed by atoms with Gasteiger partial charge in [-0.25, -0.2) is 4.98 Å². The molecule has 0 aliphatic rings. The van der Waals surface area contributed by atoms with Gasteiger partial charge in [0.05, 0.1) is 12.4 Å². The van der Waals surface area contributed by atoms with Crippen LogP contribution in [-0.2, 0) is 0 Å². The zero-order valence-electron chi connectivity index (χ0n) is 10.6. The van der Waals surface area contributed by atoms with Gasteiger partial charge < -0.3 is 10.6 Å². The molecule has 5 heteroatoms. The lowest BCUT2D eigenvalue weighted by molar-refractivity contribution is 1.18. The maximum Gasteiger partial charge on any atom is 0.151 e. The summed E-state index contributed by atoms with van der Waals surface area (Å²) < 4.78 is 1.08. The van der Waals surface area contributed by atoms with Crippen molar-refractivity contribution >= 4 is 33.3 Å². The largest absolute Gasteiger partial charge is 0.372 e. The molecule has 1 heterocycles. The number of hydrogen-bond acceptors (Lipinski definition) is 4.